The molecular weight excluding hydrogens is 252 g/mol. The number of aromatic nitrogens is 1. The Morgan fingerprint density at radius 3 is 2.80 bits per heavy atom. The first kappa shape index (κ1) is 12.9. The lowest BCUT2D eigenvalue weighted by Gasteiger charge is -2.30. The maximum Gasteiger partial charge on any atom is 0.257 e. The van der Waals surface area contributed by atoms with E-state index >= 15 is 0 Å². The highest BCUT2D eigenvalue weighted by molar-refractivity contribution is 6.02. The third-order valence-electron chi connectivity index (χ3n) is 4.05. The Bertz CT molecular complexity index is 646. The van der Waals surface area contributed by atoms with Crippen LogP contribution in [0.5, 0.6) is 5.75 Å². The number of amides is 1. The predicted molar refractivity (Wildman–Crippen MR) is 77.7 cm³/mol. The van der Waals surface area contributed by atoms with Crippen molar-refractivity contribution in [3.05, 3.63) is 36.0 Å². The normalized spacial score (nSPS) is 16.6. The summed E-state index contributed by atoms with van der Waals surface area (Å²) in [5.74, 6) is 0.569. The molecule has 4 heteroatoms. The van der Waals surface area contributed by atoms with Crippen LogP contribution >= 0.6 is 0 Å². The van der Waals surface area contributed by atoms with E-state index in [4.69, 9.17) is 0 Å². The van der Waals surface area contributed by atoms with Crippen molar-refractivity contribution in [3.63, 3.8) is 0 Å². The summed E-state index contributed by atoms with van der Waals surface area (Å²) in [7, 11) is 0. The molecule has 1 aromatic heterocycles. The molecule has 0 aliphatic carbocycles. The highest BCUT2D eigenvalue weighted by atomic mass is 16.3. The molecule has 0 radical (unpaired) electrons. The van der Waals surface area contributed by atoms with Crippen molar-refractivity contribution >= 4 is 16.8 Å². The van der Waals surface area contributed by atoms with Gasteiger partial charge in [-0.05, 0) is 30.9 Å². The number of piperidine rings is 1. The van der Waals surface area contributed by atoms with Gasteiger partial charge in [0.1, 0.15) is 5.52 Å². The summed E-state index contributed by atoms with van der Waals surface area (Å²) >= 11 is 0. The maximum absolute atomic E-state index is 12.5. The van der Waals surface area contributed by atoms with Gasteiger partial charge in [-0.15, -0.1) is 0 Å². The summed E-state index contributed by atoms with van der Waals surface area (Å²) in [6, 6.07) is 7.22. The molecule has 4 nitrogen and oxygen atoms in total. The number of aromatic hydroxyl groups is 1. The van der Waals surface area contributed by atoms with Crippen molar-refractivity contribution in [1.29, 1.82) is 0 Å². The molecule has 0 spiro atoms. The molecule has 1 saturated heterocycles. The van der Waals surface area contributed by atoms with Crippen molar-refractivity contribution in [2.24, 2.45) is 5.92 Å². The largest absolute Gasteiger partial charge is 0.505 e. The van der Waals surface area contributed by atoms with Gasteiger partial charge in [0.05, 0.1) is 5.56 Å². The minimum atomic E-state index is -0.0954. The van der Waals surface area contributed by atoms with Crippen LogP contribution in [0.25, 0.3) is 10.9 Å². The second-order valence-corrected chi connectivity index (χ2v) is 5.51. The van der Waals surface area contributed by atoms with Gasteiger partial charge >= 0.3 is 0 Å². The number of hydrogen-bond acceptors (Lipinski definition) is 3. The molecular formula is C16H18N2O2. The predicted octanol–water partition coefficient (Wildman–Crippen LogP) is 2.81. The van der Waals surface area contributed by atoms with E-state index in [2.05, 4.69) is 11.9 Å². The van der Waals surface area contributed by atoms with Crippen LogP contribution in [-0.4, -0.2) is 34.0 Å². The third kappa shape index (κ3) is 2.22. The molecule has 1 aromatic carbocycles. The molecule has 0 bridgehead atoms. The minimum absolute atomic E-state index is 0.00766. The summed E-state index contributed by atoms with van der Waals surface area (Å²) in [4.78, 5) is 18.5. The number of benzene rings is 1. The van der Waals surface area contributed by atoms with Crippen molar-refractivity contribution in [2.45, 2.75) is 19.8 Å². The Morgan fingerprint density at radius 1 is 1.30 bits per heavy atom. The van der Waals surface area contributed by atoms with Crippen LogP contribution in [0, 0.1) is 5.92 Å². The minimum Gasteiger partial charge on any atom is -0.505 e. The van der Waals surface area contributed by atoms with Crippen LogP contribution in [0.1, 0.15) is 30.1 Å². The first-order valence-electron chi connectivity index (χ1n) is 7.03. The van der Waals surface area contributed by atoms with Crippen LogP contribution in [-0.2, 0) is 0 Å². The molecule has 3 rings (SSSR count). The highest BCUT2D eigenvalue weighted by Gasteiger charge is 2.24. The van der Waals surface area contributed by atoms with Gasteiger partial charge in [0, 0.05) is 24.7 Å². The van der Waals surface area contributed by atoms with Gasteiger partial charge in [-0.25, -0.2) is 0 Å². The number of carbonyl (C=O) groups is 1. The summed E-state index contributed by atoms with van der Waals surface area (Å²) < 4.78 is 0. The number of likely N-dealkylation sites (tertiary alicyclic amines) is 1. The van der Waals surface area contributed by atoms with Gasteiger partial charge in [-0.2, -0.15) is 0 Å². The smallest absolute Gasteiger partial charge is 0.257 e. The van der Waals surface area contributed by atoms with Gasteiger partial charge in [0.25, 0.3) is 5.91 Å². The topological polar surface area (TPSA) is 53.4 Å². The molecule has 1 aliphatic rings. The molecule has 20 heavy (non-hydrogen) atoms. The van der Waals surface area contributed by atoms with E-state index in [1.54, 1.807) is 12.3 Å². The fourth-order valence-electron chi connectivity index (χ4n) is 2.68. The number of pyridine rings is 1. The van der Waals surface area contributed by atoms with Gasteiger partial charge in [0.15, 0.2) is 5.75 Å². The Morgan fingerprint density at radius 2 is 2.05 bits per heavy atom. The van der Waals surface area contributed by atoms with Crippen molar-refractivity contribution in [3.8, 4) is 5.75 Å². The number of nitrogens with zero attached hydrogens (tertiary/aromatic N) is 2. The van der Waals surface area contributed by atoms with Gasteiger partial charge in [0.2, 0.25) is 0 Å². The lowest BCUT2D eigenvalue weighted by molar-refractivity contribution is 0.0694. The Balaban J connectivity index is 1.94. The molecule has 1 fully saturated rings. The Kier molecular flexibility index (Phi) is 3.30. The van der Waals surface area contributed by atoms with Gasteiger partial charge in [-0.1, -0.05) is 19.1 Å². The van der Waals surface area contributed by atoms with E-state index in [1.807, 2.05) is 23.1 Å². The number of fused-ring (bicyclic) bond motifs is 1. The van der Waals surface area contributed by atoms with E-state index < -0.39 is 0 Å². The van der Waals surface area contributed by atoms with E-state index in [0.29, 0.717) is 17.0 Å². The van der Waals surface area contributed by atoms with Crippen LogP contribution in [0.2, 0.25) is 0 Å². The van der Waals surface area contributed by atoms with Crippen molar-refractivity contribution in [2.75, 3.05) is 13.1 Å². The molecule has 0 unspecified atom stereocenters. The molecule has 2 heterocycles. The molecule has 1 aliphatic heterocycles. The van der Waals surface area contributed by atoms with E-state index in [-0.39, 0.29) is 11.7 Å². The SMILES string of the molecule is CC1CCN(C(=O)c2ccc3cccnc3c2O)CC1. The zero-order valence-corrected chi connectivity index (χ0v) is 11.5. The summed E-state index contributed by atoms with van der Waals surface area (Å²) in [6.45, 7) is 3.73. The van der Waals surface area contributed by atoms with Gasteiger partial charge in [-0.3, -0.25) is 9.78 Å². The standard InChI is InChI=1S/C16H18N2O2/c1-11-6-9-18(10-7-11)16(20)13-5-4-12-3-2-8-17-14(12)15(13)19/h2-5,8,11,19H,6-7,9-10H2,1H3. The zero-order valence-electron chi connectivity index (χ0n) is 11.5. The highest BCUT2D eigenvalue weighted by Crippen LogP contribution is 2.28. The lowest BCUT2D eigenvalue weighted by Crippen LogP contribution is -2.37. The van der Waals surface area contributed by atoms with Crippen LogP contribution in [0.15, 0.2) is 30.5 Å². The number of rotatable bonds is 1. The first-order valence-corrected chi connectivity index (χ1v) is 7.03. The monoisotopic (exact) mass is 270 g/mol. The molecule has 0 atom stereocenters. The fourth-order valence-corrected chi connectivity index (χ4v) is 2.68. The number of phenols is 1. The second-order valence-electron chi connectivity index (χ2n) is 5.51. The van der Waals surface area contributed by atoms with Crippen LogP contribution in [0.4, 0.5) is 0 Å². The molecule has 2 aromatic rings. The molecule has 104 valence electrons. The van der Waals surface area contributed by atoms with Crippen LogP contribution in [0.3, 0.4) is 0 Å². The van der Waals surface area contributed by atoms with Gasteiger partial charge < -0.3 is 10.0 Å². The zero-order chi connectivity index (χ0) is 14.1. The van der Waals surface area contributed by atoms with E-state index in [0.717, 1.165) is 31.3 Å². The fraction of sp³-hybridized carbons (Fsp3) is 0.375. The number of phenolic OH excluding ortho intramolecular Hbond substituents is 1. The summed E-state index contributed by atoms with van der Waals surface area (Å²) in [5, 5.41) is 11.1. The first-order chi connectivity index (χ1) is 9.66. The van der Waals surface area contributed by atoms with Crippen molar-refractivity contribution < 1.29 is 9.90 Å². The lowest BCUT2D eigenvalue weighted by atomic mass is 9.98. The van der Waals surface area contributed by atoms with E-state index in [9.17, 15) is 9.90 Å². The second kappa shape index (κ2) is 5.12. The quantitative estimate of drug-likeness (QED) is 0.867. The molecule has 1 N–H and O–H groups in total. The number of hydrogen-bond donors (Lipinski definition) is 1. The average molecular weight is 270 g/mol. The summed E-state index contributed by atoms with van der Waals surface area (Å²) in [5.41, 5.74) is 0.842. The Labute approximate surface area is 118 Å². The van der Waals surface area contributed by atoms with Crippen molar-refractivity contribution in [1.82, 2.24) is 9.88 Å². The van der Waals surface area contributed by atoms with E-state index in [1.165, 1.54) is 0 Å². The number of carbonyl (C=O) groups excluding carboxylic acids is 1. The average Bonchev–Trinajstić information content (AvgIpc) is 2.48. The maximum atomic E-state index is 12.5. The molecule has 1 amide bonds. The summed E-state index contributed by atoms with van der Waals surface area (Å²) in [6.07, 6.45) is 3.68. The molecule has 0 saturated carbocycles. The third-order valence-corrected chi connectivity index (χ3v) is 4.05. The van der Waals surface area contributed by atoms with Crippen LogP contribution < -0.4 is 0 Å². The Hall–Kier alpha value is -2.10.